The van der Waals surface area contributed by atoms with Gasteiger partial charge in [-0.2, -0.15) is 4.31 Å². The van der Waals surface area contributed by atoms with Crippen molar-refractivity contribution in [3.05, 3.63) is 64.6 Å². The molecule has 7 heteroatoms. The molecule has 1 aliphatic heterocycles. The summed E-state index contributed by atoms with van der Waals surface area (Å²) in [4.78, 5) is 14.5. The number of rotatable bonds is 3. The molecule has 0 radical (unpaired) electrons. The Labute approximate surface area is 156 Å². The Kier molecular flexibility index (Phi) is 5.27. The zero-order valence-electron chi connectivity index (χ0n) is 13.8. The van der Waals surface area contributed by atoms with Gasteiger partial charge in [0.2, 0.25) is 10.0 Å². The number of halogens is 1. The molecule has 0 aromatic heterocycles. The fourth-order valence-electron chi connectivity index (χ4n) is 2.99. The summed E-state index contributed by atoms with van der Waals surface area (Å²) >= 11 is 3.31. The van der Waals surface area contributed by atoms with Gasteiger partial charge in [0.1, 0.15) is 0 Å². The zero-order chi connectivity index (χ0) is 18.0. The molecule has 5 nitrogen and oxygen atoms in total. The predicted octanol–water partition coefficient (Wildman–Crippen LogP) is 2.98. The van der Waals surface area contributed by atoms with Crippen molar-refractivity contribution in [1.29, 1.82) is 0 Å². The van der Waals surface area contributed by atoms with Gasteiger partial charge in [0, 0.05) is 35.7 Å². The van der Waals surface area contributed by atoms with Gasteiger partial charge >= 0.3 is 0 Å². The molecule has 2 aromatic rings. The van der Waals surface area contributed by atoms with Crippen molar-refractivity contribution in [3.8, 4) is 0 Å². The number of benzene rings is 2. The molecule has 1 amide bonds. The van der Waals surface area contributed by atoms with Crippen LogP contribution in [0, 0.1) is 0 Å². The Balaban J connectivity index is 1.75. The fraction of sp³-hybridized carbons (Fsp3) is 0.278. The van der Waals surface area contributed by atoms with Crippen molar-refractivity contribution < 1.29 is 13.2 Å². The number of hydrogen-bond donors (Lipinski definition) is 0. The van der Waals surface area contributed by atoms with Crippen LogP contribution in [-0.2, 0) is 10.0 Å². The Hall–Kier alpha value is -1.70. The summed E-state index contributed by atoms with van der Waals surface area (Å²) in [5, 5.41) is 0. The first kappa shape index (κ1) is 18.1. The van der Waals surface area contributed by atoms with E-state index in [1.165, 1.54) is 4.31 Å². The van der Waals surface area contributed by atoms with Crippen LogP contribution < -0.4 is 0 Å². The summed E-state index contributed by atoms with van der Waals surface area (Å²) in [5.41, 5.74) is 0.624. The standard InChI is InChI=1S/C18H19BrN2O3S/c1-14-13-20(18(22)15-5-3-2-4-6-15)11-12-21(14)25(23,24)17-9-7-16(19)8-10-17/h2-10,14H,11-13H2,1H3/t14-/m1/s1. The van der Waals surface area contributed by atoms with Gasteiger partial charge in [-0.05, 0) is 43.3 Å². The Morgan fingerprint density at radius 2 is 1.68 bits per heavy atom. The van der Waals surface area contributed by atoms with E-state index in [4.69, 9.17) is 0 Å². The van der Waals surface area contributed by atoms with Gasteiger partial charge < -0.3 is 4.90 Å². The quantitative estimate of drug-likeness (QED) is 0.763. The lowest BCUT2D eigenvalue weighted by atomic mass is 10.1. The average molecular weight is 423 g/mol. The normalized spacial score (nSPS) is 19.0. The van der Waals surface area contributed by atoms with Crippen LogP contribution in [0.5, 0.6) is 0 Å². The number of amides is 1. The van der Waals surface area contributed by atoms with E-state index >= 15 is 0 Å². The van der Waals surface area contributed by atoms with Crippen molar-refractivity contribution in [2.24, 2.45) is 0 Å². The summed E-state index contributed by atoms with van der Waals surface area (Å²) in [6.07, 6.45) is 0. The number of hydrogen-bond acceptors (Lipinski definition) is 3. The van der Waals surface area contributed by atoms with Gasteiger partial charge in [-0.1, -0.05) is 34.1 Å². The summed E-state index contributed by atoms with van der Waals surface area (Å²) < 4.78 is 28.0. The monoisotopic (exact) mass is 422 g/mol. The molecule has 132 valence electrons. The molecule has 1 atom stereocenters. The lowest BCUT2D eigenvalue weighted by Crippen LogP contribution is -2.55. The van der Waals surface area contributed by atoms with Gasteiger partial charge in [0.15, 0.2) is 0 Å². The van der Waals surface area contributed by atoms with Crippen LogP contribution in [0.15, 0.2) is 64.0 Å². The second-order valence-electron chi connectivity index (χ2n) is 6.04. The maximum Gasteiger partial charge on any atom is 0.253 e. The third kappa shape index (κ3) is 3.78. The molecule has 1 aliphatic rings. The first-order chi connectivity index (χ1) is 11.9. The molecule has 0 unspecified atom stereocenters. The van der Waals surface area contributed by atoms with E-state index in [0.29, 0.717) is 18.7 Å². The highest BCUT2D eigenvalue weighted by Gasteiger charge is 2.35. The van der Waals surface area contributed by atoms with E-state index in [1.807, 2.05) is 25.1 Å². The van der Waals surface area contributed by atoms with E-state index in [9.17, 15) is 13.2 Å². The largest absolute Gasteiger partial charge is 0.336 e. The molecular formula is C18H19BrN2O3S. The van der Waals surface area contributed by atoms with Crippen LogP contribution in [-0.4, -0.2) is 49.2 Å². The topological polar surface area (TPSA) is 57.7 Å². The Bertz CT molecular complexity index is 854. The van der Waals surface area contributed by atoms with E-state index in [1.54, 1.807) is 41.3 Å². The summed E-state index contributed by atoms with van der Waals surface area (Å²) in [7, 11) is -3.57. The average Bonchev–Trinajstić information content (AvgIpc) is 2.62. The Morgan fingerprint density at radius 3 is 2.28 bits per heavy atom. The zero-order valence-corrected chi connectivity index (χ0v) is 16.2. The molecule has 1 heterocycles. The van der Waals surface area contributed by atoms with E-state index in [0.717, 1.165) is 4.47 Å². The van der Waals surface area contributed by atoms with Crippen molar-refractivity contribution >= 4 is 31.9 Å². The van der Waals surface area contributed by atoms with Crippen molar-refractivity contribution in [2.45, 2.75) is 17.9 Å². The van der Waals surface area contributed by atoms with E-state index in [2.05, 4.69) is 15.9 Å². The lowest BCUT2D eigenvalue weighted by Gasteiger charge is -2.39. The summed E-state index contributed by atoms with van der Waals surface area (Å²) in [6.45, 7) is 2.89. The maximum absolute atomic E-state index is 12.9. The fourth-order valence-corrected chi connectivity index (χ4v) is 4.87. The molecule has 0 saturated carbocycles. The number of sulfonamides is 1. The van der Waals surface area contributed by atoms with Crippen LogP contribution in [0.25, 0.3) is 0 Å². The minimum Gasteiger partial charge on any atom is -0.336 e. The predicted molar refractivity (Wildman–Crippen MR) is 99.8 cm³/mol. The van der Waals surface area contributed by atoms with Crippen LogP contribution in [0.2, 0.25) is 0 Å². The van der Waals surface area contributed by atoms with Crippen LogP contribution in [0.4, 0.5) is 0 Å². The molecule has 0 aliphatic carbocycles. The third-order valence-corrected chi connectivity index (χ3v) is 6.85. The van der Waals surface area contributed by atoms with Crippen molar-refractivity contribution in [3.63, 3.8) is 0 Å². The smallest absolute Gasteiger partial charge is 0.253 e. The molecule has 0 bridgehead atoms. The second kappa shape index (κ2) is 7.27. The lowest BCUT2D eigenvalue weighted by molar-refractivity contribution is 0.0642. The number of nitrogens with zero attached hydrogens (tertiary/aromatic N) is 2. The molecular weight excluding hydrogens is 404 g/mol. The third-order valence-electron chi connectivity index (χ3n) is 4.29. The van der Waals surface area contributed by atoms with Crippen LogP contribution in [0.1, 0.15) is 17.3 Å². The SMILES string of the molecule is C[C@@H]1CN(C(=O)c2ccccc2)CCN1S(=O)(=O)c1ccc(Br)cc1. The van der Waals surface area contributed by atoms with Gasteiger partial charge in [-0.3, -0.25) is 4.79 Å². The number of carbonyl (C=O) groups excluding carboxylic acids is 1. The number of carbonyl (C=O) groups is 1. The van der Waals surface area contributed by atoms with Crippen LogP contribution in [0.3, 0.4) is 0 Å². The molecule has 1 fully saturated rings. The van der Waals surface area contributed by atoms with Gasteiger partial charge in [0.25, 0.3) is 5.91 Å². The highest BCUT2D eigenvalue weighted by atomic mass is 79.9. The van der Waals surface area contributed by atoms with Crippen molar-refractivity contribution in [1.82, 2.24) is 9.21 Å². The minimum atomic E-state index is -3.57. The van der Waals surface area contributed by atoms with E-state index < -0.39 is 10.0 Å². The summed E-state index contributed by atoms with van der Waals surface area (Å²) in [5.74, 6) is -0.0619. The maximum atomic E-state index is 12.9. The van der Waals surface area contributed by atoms with Crippen LogP contribution >= 0.6 is 15.9 Å². The molecule has 3 rings (SSSR count). The van der Waals surface area contributed by atoms with E-state index in [-0.39, 0.29) is 23.4 Å². The number of piperazine rings is 1. The molecule has 0 N–H and O–H groups in total. The molecule has 2 aromatic carbocycles. The molecule has 1 saturated heterocycles. The Morgan fingerprint density at radius 1 is 1.04 bits per heavy atom. The molecule has 25 heavy (non-hydrogen) atoms. The molecule has 0 spiro atoms. The second-order valence-corrected chi connectivity index (χ2v) is 8.84. The first-order valence-electron chi connectivity index (χ1n) is 8.01. The minimum absolute atomic E-state index is 0.0619. The highest BCUT2D eigenvalue weighted by Crippen LogP contribution is 2.23. The first-order valence-corrected chi connectivity index (χ1v) is 10.2. The summed E-state index contributed by atoms with van der Waals surface area (Å²) in [6, 6.07) is 15.4. The van der Waals surface area contributed by atoms with Gasteiger partial charge in [-0.15, -0.1) is 0 Å². The van der Waals surface area contributed by atoms with Gasteiger partial charge in [-0.25, -0.2) is 8.42 Å². The highest BCUT2D eigenvalue weighted by molar-refractivity contribution is 9.10. The van der Waals surface area contributed by atoms with Gasteiger partial charge in [0.05, 0.1) is 4.90 Å². The van der Waals surface area contributed by atoms with Crippen molar-refractivity contribution in [2.75, 3.05) is 19.6 Å².